The second-order valence-corrected chi connectivity index (χ2v) is 5.93. The molecular weight excluding hydrogens is 343 g/mol. The fourth-order valence-electron chi connectivity index (χ4n) is 2.77. The smallest absolute Gasteiger partial charge is 0.258 e. The summed E-state index contributed by atoms with van der Waals surface area (Å²) >= 11 is 0. The van der Waals surface area contributed by atoms with Crippen molar-refractivity contribution in [3.63, 3.8) is 0 Å². The number of halogens is 1. The lowest BCUT2D eigenvalue weighted by Gasteiger charge is -2.21. The second-order valence-electron chi connectivity index (χ2n) is 5.93. The second kappa shape index (κ2) is 8.27. The van der Waals surface area contributed by atoms with Gasteiger partial charge in [-0.1, -0.05) is 30.3 Å². The van der Waals surface area contributed by atoms with Gasteiger partial charge >= 0.3 is 0 Å². The predicted octanol–water partition coefficient (Wildman–Crippen LogP) is 4.74. The zero-order valence-electron chi connectivity index (χ0n) is 14.9. The molecule has 0 saturated carbocycles. The molecule has 27 heavy (non-hydrogen) atoms. The Morgan fingerprint density at radius 1 is 0.889 bits per heavy atom. The van der Waals surface area contributed by atoms with E-state index in [0.29, 0.717) is 23.4 Å². The molecule has 1 N–H and O–H groups in total. The number of hydrogen-bond donors (Lipinski definition) is 1. The lowest BCUT2D eigenvalue weighted by atomic mass is 10.1. The highest BCUT2D eigenvalue weighted by Crippen LogP contribution is 2.18. The average Bonchev–Trinajstić information content (AvgIpc) is 2.69. The van der Waals surface area contributed by atoms with Gasteiger partial charge < -0.3 is 10.2 Å². The van der Waals surface area contributed by atoms with Crippen LogP contribution in [-0.2, 0) is 0 Å². The normalized spacial score (nSPS) is 10.3. The minimum absolute atomic E-state index is 0.191. The Balaban J connectivity index is 1.82. The van der Waals surface area contributed by atoms with E-state index in [1.165, 1.54) is 18.2 Å². The van der Waals surface area contributed by atoms with Gasteiger partial charge in [-0.05, 0) is 55.5 Å². The molecule has 0 aliphatic rings. The Morgan fingerprint density at radius 2 is 1.59 bits per heavy atom. The van der Waals surface area contributed by atoms with Crippen LogP contribution >= 0.6 is 0 Å². The molecule has 0 unspecified atom stereocenters. The first-order valence-electron chi connectivity index (χ1n) is 8.62. The monoisotopic (exact) mass is 362 g/mol. The van der Waals surface area contributed by atoms with E-state index in [9.17, 15) is 14.0 Å². The standard InChI is InChI=1S/C22H19FN2O2/c1-2-25(20-12-4-3-5-13-20)22(27)17-9-6-8-16(14-17)21(26)24-19-11-7-10-18(23)15-19/h3-15H,2H2,1H3,(H,24,26). The Kier molecular flexibility index (Phi) is 5.61. The van der Waals surface area contributed by atoms with Gasteiger partial charge in [0.2, 0.25) is 0 Å². The van der Waals surface area contributed by atoms with Crippen LogP contribution in [0.1, 0.15) is 27.6 Å². The predicted molar refractivity (Wildman–Crippen MR) is 105 cm³/mol. The first kappa shape index (κ1) is 18.3. The molecule has 0 fully saturated rings. The Labute approximate surface area is 157 Å². The van der Waals surface area contributed by atoms with Gasteiger partial charge in [-0.3, -0.25) is 9.59 Å². The van der Waals surface area contributed by atoms with Gasteiger partial charge in [0.15, 0.2) is 0 Å². The third-order valence-corrected chi connectivity index (χ3v) is 4.08. The van der Waals surface area contributed by atoms with Crippen LogP contribution in [0.2, 0.25) is 0 Å². The molecule has 0 saturated heterocycles. The fourth-order valence-corrected chi connectivity index (χ4v) is 2.77. The maximum Gasteiger partial charge on any atom is 0.258 e. The summed E-state index contributed by atoms with van der Waals surface area (Å²) in [5.74, 6) is -1.03. The number of anilines is 2. The number of nitrogens with one attached hydrogen (secondary N) is 1. The number of carbonyl (C=O) groups excluding carboxylic acids is 2. The largest absolute Gasteiger partial charge is 0.322 e. The van der Waals surface area contributed by atoms with Gasteiger partial charge in [0.25, 0.3) is 11.8 Å². The molecular formula is C22H19FN2O2. The number of hydrogen-bond acceptors (Lipinski definition) is 2. The Hall–Kier alpha value is -3.47. The van der Waals surface area contributed by atoms with E-state index in [-0.39, 0.29) is 5.91 Å². The summed E-state index contributed by atoms with van der Waals surface area (Å²) in [7, 11) is 0. The summed E-state index contributed by atoms with van der Waals surface area (Å²) in [5.41, 5.74) is 1.89. The molecule has 136 valence electrons. The molecule has 0 aliphatic carbocycles. The van der Waals surface area contributed by atoms with Crippen LogP contribution in [0.4, 0.5) is 15.8 Å². The van der Waals surface area contributed by atoms with Crippen molar-refractivity contribution in [2.75, 3.05) is 16.8 Å². The van der Waals surface area contributed by atoms with Gasteiger partial charge in [-0.25, -0.2) is 4.39 Å². The molecule has 0 heterocycles. The van der Waals surface area contributed by atoms with Crippen molar-refractivity contribution < 1.29 is 14.0 Å². The van der Waals surface area contributed by atoms with Gasteiger partial charge in [0.05, 0.1) is 0 Å². The van der Waals surface area contributed by atoms with Crippen molar-refractivity contribution >= 4 is 23.2 Å². The molecule has 0 radical (unpaired) electrons. The lowest BCUT2D eigenvalue weighted by Crippen LogP contribution is -2.30. The molecule has 0 bridgehead atoms. The maximum absolute atomic E-state index is 13.3. The molecule has 0 atom stereocenters. The van der Waals surface area contributed by atoms with E-state index < -0.39 is 11.7 Å². The van der Waals surface area contributed by atoms with Crippen molar-refractivity contribution in [3.8, 4) is 0 Å². The third kappa shape index (κ3) is 4.39. The van der Waals surface area contributed by atoms with Crippen LogP contribution in [-0.4, -0.2) is 18.4 Å². The van der Waals surface area contributed by atoms with Crippen molar-refractivity contribution in [1.29, 1.82) is 0 Å². The van der Waals surface area contributed by atoms with Crippen molar-refractivity contribution in [2.45, 2.75) is 6.92 Å². The molecule has 0 aromatic heterocycles. The first-order valence-corrected chi connectivity index (χ1v) is 8.62. The van der Waals surface area contributed by atoms with Crippen LogP contribution < -0.4 is 10.2 Å². The Morgan fingerprint density at radius 3 is 2.30 bits per heavy atom. The van der Waals surface area contributed by atoms with Gasteiger partial charge in [0.1, 0.15) is 5.82 Å². The fraction of sp³-hybridized carbons (Fsp3) is 0.0909. The van der Waals surface area contributed by atoms with E-state index in [1.54, 1.807) is 35.2 Å². The molecule has 5 heteroatoms. The summed E-state index contributed by atoms with van der Waals surface area (Å²) < 4.78 is 13.3. The van der Waals surface area contributed by atoms with E-state index >= 15 is 0 Å². The SMILES string of the molecule is CCN(C(=O)c1cccc(C(=O)Nc2cccc(F)c2)c1)c1ccccc1. The van der Waals surface area contributed by atoms with E-state index in [1.807, 2.05) is 37.3 Å². The van der Waals surface area contributed by atoms with E-state index in [2.05, 4.69) is 5.32 Å². The average molecular weight is 362 g/mol. The van der Waals surface area contributed by atoms with Crippen LogP contribution in [0.25, 0.3) is 0 Å². The highest BCUT2D eigenvalue weighted by Gasteiger charge is 2.17. The van der Waals surface area contributed by atoms with Crippen LogP contribution in [0.15, 0.2) is 78.9 Å². The van der Waals surface area contributed by atoms with Crippen molar-refractivity contribution in [1.82, 2.24) is 0 Å². The molecule has 3 rings (SSSR count). The van der Waals surface area contributed by atoms with Gasteiger partial charge in [0, 0.05) is 29.0 Å². The molecule has 3 aromatic carbocycles. The Bertz CT molecular complexity index is 957. The van der Waals surface area contributed by atoms with Crippen molar-refractivity contribution in [2.24, 2.45) is 0 Å². The summed E-state index contributed by atoms with van der Waals surface area (Å²) in [6.07, 6.45) is 0. The highest BCUT2D eigenvalue weighted by molar-refractivity contribution is 6.09. The summed E-state index contributed by atoms with van der Waals surface area (Å²) in [6.45, 7) is 2.40. The van der Waals surface area contributed by atoms with E-state index in [4.69, 9.17) is 0 Å². The number of nitrogens with zero attached hydrogens (tertiary/aromatic N) is 1. The molecule has 0 aliphatic heterocycles. The summed E-state index contributed by atoms with van der Waals surface area (Å²) in [4.78, 5) is 27.0. The molecule has 3 aromatic rings. The number of amides is 2. The number of rotatable bonds is 5. The summed E-state index contributed by atoms with van der Waals surface area (Å²) in [5, 5.41) is 2.64. The van der Waals surface area contributed by atoms with Crippen LogP contribution in [0.3, 0.4) is 0 Å². The quantitative estimate of drug-likeness (QED) is 0.712. The zero-order valence-corrected chi connectivity index (χ0v) is 14.9. The summed E-state index contributed by atoms with van der Waals surface area (Å²) in [6, 6.07) is 21.5. The third-order valence-electron chi connectivity index (χ3n) is 4.08. The van der Waals surface area contributed by atoms with Gasteiger partial charge in [-0.15, -0.1) is 0 Å². The maximum atomic E-state index is 13.3. The first-order chi connectivity index (χ1) is 13.1. The minimum Gasteiger partial charge on any atom is -0.322 e. The van der Waals surface area contributed by atoms with Gasteiger partial charge in [-0.2, -0.15) is 0 Å². The van der Waals surface area contributed by atoms with E-state index in [0.717, 1.165) is 5.69 Å². The topological polar surface area (TPSA) is 49.4 Å². The zero-order chi connectivity index (χ0) is 19.2. The lowest BCUT2D eigenvalue weighted by molar-refractivity contribution is 0.0988. The van der Waals surface area contributed by atoms with Crippen molar-refractivity contribution in [3.05, 3.63) is 95.8 Å². The highest BCUT2D eigenvalue weighted by atomic mass is 19.1. The van der Waals surface area contributed by atoms with Crippen LogP contribution in [0, 0.1) is 5.82 Å². The van der Waals surface area contributed by atoms with Crippen LogP contribution in [0.5, 0.6) is 0 Å². The number of carbonyl (C=O) groups is 2. The molecule has 4 nitrogen and oxygen atoms in total. The molecule has 2 amide bonds. The number of para-hydroxylation sites is 1. The molecule has 0 spiro atoms. The minimum atomic E-state index is -0.432. The number of benzene rings is 3.